The Morgan fingerprint density at radius 1 is 1.00 bits per heavy atom. The highest BCUT2D eigenvalue weighted by atomic mass is 14.1. The van der Waals surface area contributed by atoms with E-state index in [0.717, 1.165) is 6.42 Å². The van der Waals surface area contributed by atoms with E-state index in [-0.39, 0.29) is 0 Å². The van der Waals surface area contributed by atoms with Crippen LogP contribution in [-0.4, -0.2) is 0 Å². The summed E-state index contributed by atoms with van der Waals surface area (Å²) in [7, 11) is 0. The highest BCUT2D eigenvalue weighted by Gasteiger charge is 2.01. The summed E-state index contributed by atoms with van der Waals surface area (Å²) >= 11 is 0. The van der Waals surface area contributed by atoms with Crippen LogP contribution in [0.4, 0.5) is 0 Å². The molecular weight excluding hydrogens is 132 g/mol. The van der Waals surface area contributed by atoms with Crippen LogP contribution in [0.1, 0.15) is 34.1 Å². The fraction of sp³-hybridized carbons (Fsp3) is 0.455. The summed E-state index contributed by atoms with van der Waals surface area (Å²) in [4.78, 5) is 0. The molecule has 0 aliphatic heterocycles. The van der Waals surface area contributed by atoms with Gasteiger partial charge < -0.3 is 0 Å². The van der Waals surface area contributed by atoms with Crippen molar-refractivity contribution < 1.29 is 0 Å². The lowest BCUT2D eigenvalue weighted by atomic mass is 10.1. The Balaban J connectivity index is 3.04. The van der Waals surface area contributed by atoms with Crippen LogP contribution in [0.3, 0.4) is 0 Å². The quantitative estimate of drug-likeness (QED) is 0.492. The van der Waals surface area contributed by atoms with E-state index >= 15 is 0 Å². The monoisotopic (exact) mass is 148 g/mol. The molecule has 0 bridgehead atoms. The highest BCUT2D eigenvalue weighted by Crippen LogP contribution is 2.21. The minimum atomic E-state index is 1.14. The molecule has 0 radical (unpaired) electrons. The van der Waals surface area contributed by atoms with Crippen LogP contribution >= 0.6 is 0 Å². The second kappa shape index (κ2) is 3.08. The largest absolute Gasteiger partial charge is 0.0690 e. The molecule has 0 saturated heterocycles. The van der Waals surface area contributed by atoms with Crippen molar-refractivity contribution in [3.05, 3.63) is 34.4 Å². The van der Waals surface area contributed by atoms with Crippen molar-refractivity contribution in [3.8, 4) is 0 Å². The Morgan fingerprint density at radius 2 is 1.64 bits per heavy atom. The number of allylic oxidation sites excluding steroid dienone is 6. The lowest BCUT2D eigenvalue weighted by Gasteiger charge is -2.00. The minimum absolute atomic E-state index is 1.14. The van der Waals surface area contributed by atoms with Gasteiger partial charge in [-0.2, -0.15) is 0 Å². The predicted molar refractivity (Wildman–Crippen MR) is 50.5 cm³/mol. The second-order valence-corrected chi connectivity index (χ2v) is 3.52. The van der Waals surface area contributed by atoms with E-state index in [1.165, 1.54) is 22.3 Å². The number of hydrogen-bond acceptors (Lipinski definition) is 0. The molecule has 0 aromatic rings. The van der Waals surface area contributed by atoms with Crippen molar-refractivity contribution in [1.29, 1.82) is 0 Å². The fourth-order valence-corrected chi connectivity index (χ4v) is 1.50. The van der Waals surface area contributed by atoms with Crippen molar-refractivity contribution in [2.45, 2.75) is 34.1 Å². The van der Waals surface area contributed by atoms with Gasteiger partial charge in [-0.1, -0.05) is 34.4 Å². The fourth-order valence-electron chi connectivity index (χ4n) is 1.50. The van der Waals surface area contributed by atoms with Crippen LogP contribution < -0.4 is 0 Å². The van der Waals surface area contributed by atoms with Gasteiger partial charge >= 0.3 is 0 Å². The van der Waals surface area contributed by atoms with E-state index in [0.29, 0.717) is 0 Å². The van der Waals surface area contributed by atoms with E-state index in [2.05, 4.69) is 39.8 Å². The molecule has 1 aliphatic rings. The zero-order chi connectivity index (χ0) is 8.43. The first kappa shape index (κ1) is 8.32. The summed E-state index contributed by atoms with van der Waals surface area (Å²) in [6.45, 7) is 8.75. The van der Waals surface area contributed by atoms with E-state index in [4.69, 9.17) is 0 Å². The summed E-state index contributed by atoms with van der Waals surface area (Å²) in [6.07, 6.45) is 5.66. The standard InChI is InChI=1S/C11H16/c1-8-5-9(2)7-11(4)10(3)6-8/h5-6H,7H2,1-4H3. The molecule has 1 aliphatic carbocycles. The minimum Gasteiger partial charge on any atom is -0.0690 e. The van der Waals surface area contributed by atoms with Crippen LogP contribution in [0.25, 0.3) is 0 Å². The van der Waals surface area contributed by atoms with Gasteiger partial charge in [0.15, 0.2) is 0 Å². The summed E-state index contributed by atoms with van der Waals surface area (Å²) in [5, 5.41) is 0. The maximum Gasteiger partial charge on any atom is -0.0105 e. The van der Waals surface area contributed by atoms with E-state index in [1.54, 1.807) is 0 Å². The summed E-state index contributed by atoms with van der Waals surface area (Å²) in [6, 6.07) is 0. The summed E-state index contributed by atoms with van der Waals surface area (Å²) in [5.74, 6) is 0. The molecule has 60 valence electrons. The van der Waals surface area contributed by atoms with Crippen LogP contribution in [-0.2, 0) is 0 Å². The van der Waals surface area contributed by atoms with Gasteiger partial charge in [-0.25, -0.2) is 0 Å². The van der Waals surface area contributed by atoms with Gasteiger partial charge in [0, 0.05) is 0 Å². The molecule has 0 aromatic carbocycles. The van der Waals surface area contributed by atoms with Crippen molar-refractivity contribution >= 4 is 0 Å². The first-order valence-electron chi connectivity index (χ1n) is 4.11. The molecule has 0 unspecified atom stereocenters. The zero-order valence-corrected chi connectivity index (χ0v) is 7.86. The SMILES string of the molecule is CC1=CC(C)=C(C)CC(C)=C1. The highest BCUT2D eigenvalue weighted by molar-refractivity contribution is 5.37. The Kier molecular flexibility index (Phi) is 2.33. The van der Waals surface area contributed by atoms with Gasteiger partial charge in [0.05, 0.1) is 0 Å². The normalized spacial score (nSPS) is 19.3. The predicted octanol–water partition coefficient (Wildman–Crippen LogP) is 3.62. The molecule has 0 atom stereocenters. The van der Waals surface area contributed by atoms with E-state index in [1.807, 2.05) is 0 Å². The Labute approximate surface area is 69.3 Å². The maximum absolute atomic E-state index is 2.26. The van der Waals surface area contributed by atoms with Crippen molar-refractivity contribution in [2.24, 2.45) is 0 Å². The summed E-state index contributed by atoms with van der Waals surface area (Å²) < 4.78 is 0. The van der Waals surface area contributed by atoms with Gasteiger partial charge in [0.2, 0.25) is 0 Å². The first-order valence-corrected chi connectivity index (χ1v) is 4.11. The topological polar surface area (TPSA) is 0 Å². The molecule has 0 nitrogen and oxygen atoms in total. The third-order valence-electron chi connectivity index (χ3n) is 2.14. The molecule has 0 heteroatoms. The Morgan fingerprint density at radius 3 is 2.27 bits per heavy atom. The molecule has 0 amide bonds. The van der Waals surface area contributed by atoms with Gasteiger partial charge in [0.1, 0.15) is 0 Å². The number of hydrogen-bond donors (Lipinski definition) is 0. The first-order chi connectivity index (χ1) is 5.09. The Bertz CT molecular complexity index is 249. The zero-order valence-electron chi connectivity index (χ0n) is 7.86. The molecule has 0 N–H and O–H groups in total. The van der Waals surface area contributed by atoms with Crippen LogP contribution in [0.2, 0.25) is 0 Å². The third kappa shape index (κ3) is 2.07. The average molecular weight is 148 g/mol. The molecule has 0 aromatic heterocycles. The van der Waals surface area contributed by atoms with Crippen LogP contribution in [0.5, 0.6) is 0 Å². The van der Waals surface area contributed by atoms with Crippen molar-refractivity contribution in [2.75, 3.05) is 0 Å². The van der Waals surface area contributed by atoms with Gasteiger partial charge in [0.25, 0.3) is 0 Å². The van der Waals surface area contributed by atoms with E-state index in [9.17, 15) is 0 Å². The molecular formula is C11H16. The maximum atomic E-state index is 2.26. The molecule has 1 rings (SSSR count). The van der Waals surface area contributed by atoms with Gasteiger partial charge in [-0.05, 0) is 34.1 Å². The number of rotatable bonds is 0. The molecule has 0 fully saturated rings. The van der Waals surface area contributed by atoms with E-state index < -0.39 is 0 Å². The molecule has 0 spiro atoms. The lowest BCUT2D eigenvalue weighted by molar-refractivity contribution is 1.09. The second-order valence-electron chi connectivity index (χ2n) is 3.52. The lowest BCUT2D eigenvalue weighted by Crippen LogP contribution is -1.80. The summed E-state index contributed by atoms with van der Waals surface area (Å²) in [5.41, 5.74) is 5.76. The van der Waals surface area contributed by atoms with Crippen molar-refractivity contribution in [1.82, 2.24) is 0 Å². The molecule has 0 saturated carbocycles. The third-order valence-corrected chi connectivity index (χ3v) is 2.14. The van der Waals surface area contributed by atoms with Gasteiger partial charge in [-0.3, -0.25) is 0 Å². The smallest absolute Gasteiger partial charge is 0.0105 e. The van der Waals surface area contributed by atoms with Gasteiger partial charge in [-0.15, -0.1) is 0 Å². The molecule has 0 heterocycles. The Hall–Kier alpha value is -0.780. The van der Waals surface area contributed by atoms with Crippen LogP contribution in [0.15, 0.2) is 34.4 Å². The molecule has 11 heavy (non-hydrogen) atoms. The van der Waals surface area contributed by atoms with Crippen LogP contribution in [0, 0.1) is 0 Å². The average Bonchev–Trinajstić information content (AvgIpc) is 1.93. The van der Waals surface area contributed by atoms with Crippen molar-refractivity contribution in [3.63, 3.8) is 0 Å².